The van der Waals surface area contributed by atoms with Crippen molar-refractivity contribution in [1.82, 2.24) is 4.90 Å². The smallest absolute Gasteiger partial charge is 0.411 e. The molecule has 0 aromatic carbocycles. The molecule has 5 nitrogen and oxygen atoms in total. The van der Waals surface area contributed by atoms with E-state index in [4.69, 9.17) is 4.74 Å². The second kappa shape index (κ2) is 4.78. The zero-order valence-corrected chi connectivity index (χ0v) is 11.8. The normalized spacial score (nSPS) is 22.9. The molecule has 0 aromatic rings. The minimum absolute atomic E-state index is 0.182. The van der Waals surface area contributed by atoms with Gasteiger partial charge in [0.1, 0.15) is 11.6 Å². The summed E-state index contributed by atoms with van der Waals surface area (Å²) in [6, 6.07) is -0.778. The van der Waals surface area contributed by atoms with Crippen LogP contribution in [0.25, 0.3) is 0 Å². The summed E-state index contributed by atoms with van der Waals surface area (Å²) in [5.74, 6) is -0.966. The highest BCUT2D eigenvalue weighted by atomic mass is 16.6. The number of hydrogen-bond donors (Lipinski definition) is 1. The van der Waals surface area contributed by atoms with Gasteiger partial charge in [-0.1, -0.05) is 20.8 Å². The summed E-state index contributed by atoms with van der Waals surface area (Å²) in [6.45, 7) is 9.91. The van der Waals surface area contributed by atoms with E-state index in [0.29, 0.717) is 19.4 Å². The number of carbonyl (C=O) groups excluding carboxylic acids is 1. The standard InChI is InChI=1S/C13H23NO4/c1-6-13(4,5)18-11(17)14-8-12(2,3)7-9(14)10(15)16/h9H,6-8H2,1-5H3,(H,15,16). The van der Waals surface area contributed by atoms with Crippen LogP contribution < -0.4 is 0 Å². The Kier molecular flexibility index (Phi) is 3.93. The second-order valence-electron chi connectivity index (χ2n) is 6.33. The highest BCUT2D eigenvalue weighted by molar-refractivity contribution is 5.81. The second-order valence-corrected chi connectivity index (χ2v) is 6.33. The summed E-state index contributed by atoms with van der Waals surface area (Å²) in [7, 11) is 0. The van der Waals surface area contributed by atoms with Crippen LogP contribution in [0, 0.1) is 5.41 Å². The number of amides is 1. The van der Waals surface area contributed by atoms with E-state index in [1.807, 2.05) is 34.6 Å². The number of rotatable bonds is 3. The van der Waals surface area contributed by atoms with E-state index in [0.717, 1.165) is 0 Å². The Bertz CT molecular complexity index is 349. The maximum absolute atomic E-state index is 12.1. The van der Waals surface area contributed by atoms with Gasteiger partial charge in [-0.3, -0.25) is 4.90 Å². The maximum Gasteiger partial charge on any atom is 0.411 e. The number of likely N-dealkylation sites (tertiary alicyclic amines) is 1. The van der Waals surface area contributed by atoms with E-state index in [9.17, 15) is 14.7 Å². The lowest BCUT2D eigenvalue weighted by Crippen LogP contribution is -2.44. The lowest BCUT2D eigenvalue weighted by Gasteiger charge is -2.29. The molecule has 1 amide bonds. The Labute approximate surface area is 108 Å². The third kappa shape index (κ3) is 3.37. The zero-order valence-electron chi connectivity index (χ0n) is 11.8. The quantitative estimate of drug-likeness (QED) is 0.843. The monoisotopic (exact) mass is 257 g/mol. The molecule has 0 saturated carbocycles. The summed E-state index contributed by atoms with van der Waals surface area (Å²) in [5.41, 5.74) is -0.745. The fraction of sp³-hybridized carbons (Fsp3) is 0.846. The number of ether oxygens (including phenoxy) is 1. The number of aliphatic carboxylic acids is 1. The molecular weight excluding hydrogens is 234 g/mol. The molecule has 0 aromatic heterocycles. The highest BCUT2D eigenvalue weighted by Crippen LogP contribution is 2.35. The van der Waals surface area contributed by atoms with Crippen LogP contribution in [0.2, 0.25) is 0 Å². The van der Waals surface area contributed by atoms with Gasteiger partial charge < -0.3 is 9.84 Å². The number of hydrogen-bond acceptors (Lipinski definition) is 3. The first-order chi connectivity index (χ1) is 8.08. The van der Waals surface area contributed by atoms with Crippen molar-refractivity contribution in [3.63, 3.8) is 0 Å². The molecule has 1 unspecified atom stereocenters. The van der Waals surface area contributed by atoms with Crippen LogP contribution in [-0.4, -0.2) is 40.3 Å². The van der Waals surface area contributed by atoms with Crippen LogP contribution in [-0.2, 0) is 9.53 Å². The van der Waals surface area contributed by atoms with Crippen molar-refractivity contribution >= 4 is 12.1 Å². The molecule has 1 rings (SSSR count). The average molecular weight is 257 g/mol. The van der Waals surface area contributed by atoms with Gasteiger partial charge in [-0.15, -0.1) is 0 Å². The molecule has 0 spiro atoms. The molecule has 1 fully saturated rings. The van der Waals surface area contributed by atoms with E-state index in [1.54, 1.807) is 0 Å². The van der Waals surface area contributed by atoms with Crippen LogP contribution >= 0.6 is 0 Å². The Morgan fingerprint density at radius 2 is 2.00 bits per heavy atom. The first-order valence-electron chi connectivity index (χ1n) is 6.30. The van der Waals surface area contributed by atoms with Gasteiger partial charge >= 0.3 is 12.1 Å². The average Bonchev–Trinajstić information content (AvgIpc) is 2.54. The SMILES string of the molecule is CCC(C)(C)OC(=O)N1CC(C)(C)CC1C(=O)O. The molecule has 1 heterocycles. The van der Waals surface area contributed by atoms with Crippen molar-refractivity contribution in [2.24, 2.45) is 5.41 Å². The molecule has 0 bridgehead atoms. The molecule has 1 N–H and O–H groups in total. The summed E-state index contributed by atoms with van der Waals surface area (Å²) in [5, 5.41) is 9.17. The van der Waals surface area contributed by atoms with Crippen molar-refractivity contribution in [1.29, 1.82) is 0 Å². The van der Waals surface area contributed by atoms with Crippen molar-refractivity contribution in [2.45, 2.75) is 59.1 Å². The summed E-state index contributed by atoms with van der Waals surface area (Å²) < 4.78 is 5.37. The van der Waals surface area contributed by atoms with Crippen molar-refractivity contribution in [3.8, 4) is 0 Å². The lowest BCUT2D eigenvalue weighted by molar-refractivity contribution is -0.142. The summed E-state index contributed by atoms with van der Waals surface area (Å²) >= 11 is 0. The van der Waals surface area contributed by atoms with Gasteiger partial charge in [-0.2, -0.15) is 0 Å². The van der Waals surface area contributed by atoms with Gasteiger partial charge in [-0.25, -0.2) is 9.59 Å². The Morgan fingerprint density at radius 1 is 1.44 bits per heavy atom. The molecular formula is C13H23NO4. The molecule has 5 heteroatoms. The minimum Gasteiger partial charge on any atom is -0.480 e. The van der Waals surface area contributed by atoms with Crippen molar-refractivity contribution < 1.29 is 19.4 Å². The van der Waals surface area contributed by atoms with Crippen LogP contribution in [0.5, 0.6) is 0 Å². The van der Waals surface area contributed by atoms with Crippen LogP contribution in [0.15, 0.2) is 0 Å². The molecule has 1 aliphatic heterocycles. The van der Waals surface area contributed by atoms with Gasteiger partial charge in [0.25, 0.3) is 0 Å². The Hall–Kier alpha value is -1.26. The number of carbonyl (C=O) groups is 2. The highest BCUT2D eigenvalue weighted by Gasteiger charge is 2.45. The van der Waals surface area contributed by atoms with E-state index in [-0.39, 0.29) is 5.41 Å². The maximum atomic E-state index is 12.1. The molecule has 1 saturated heterocycles. The molecule has 0 radical (unpaired) electrons. The molecule has 18 heavy (non-hydrogen) atoms. The van der Waals surface area contributed by atoms with Crippen LogP contribution in [0.3, 0.4) is 0 Å². The first-order valence-corrected chi connectivity index (χ1v) is 6.30. The van der Waals surface area contributed by atoms with Gasteiger partial charge in [0.2, 0.25) is 0 Å². The van der Waals surface area contributed by atoms with E-state index in [1.165, 1.54) is 4.90 Å². The zero-order chi connectivity index (χ0) is 14.1. The third-order valence-corrected chi connectivity index (χ3v) is 3.46. The lowest BCUT2D eigenvalue weighted by atomic mass is 9.91. The third-order valence-electron chi connectivity index (χ3n) is 3.46. The number of carboxylic acids is 1. The summed E-state index contributed by atoms with van der Waals surface area (Å²) in [4.78, 5) is 24.6. The van der Waals surface area contributed by atoms with Crippen LogP contribution in [0.1, 0.15) is 47.5 Å². The van der Waals surface area contributed by atoms with Gasteiger partial charge in [0.15, 0.2) is 0 Å². The molecule has 0 aliphatic carbocycles. The fourth-order valence-electron chi connectivity index (χ4n) is 2.05. The minimum atomic E-state index is -0.966. The van der Waals surface area contributed by atoms with E-state index < -0.39 is 23.7 Å². The van der Waals surface area contributed by atoms with Gasteiger partial charge in [-0.05, 0) is 32.1 Å². The predicted octanol–water partition coefficient (Wildman–Crippen LogP) is 2.50. The topological polar surface area (TPSA) is 66.8 Å². The summed E-state index contributed by atoms with van der Waals surface area (Å²) in [6.07, 6.45) is 0.623. The predicted molar refractivity (Wildman–Crippen MR) is 67.4 cm³/mol. The number of nitrogens with zero attached hydrogens (tertiary/aromatic N) is 1. The van der Waals surface area contributed by atoms with Gasteiger partial charge in [0, 0.05) is 6.54 Å². The van der Waals surface area contributed by atoms with E-state index in [2.05, 4.69) is 0 Å². The Balaban J connectivity index is 2.81. The molecule has 1 atom stereocenters. The van der Waals surface area contributed by atoms with E-state index >= 15 is 0 Å². The Morgan fingerprint density at radius 3 is 2.44 bits per heavy atom. The largest absolute Gasteiger partial charge is 0.480 e. The first kappa shape index (κ1) is 14.8. The molecule has 104 valence electrons. The molecule has 1 aliphatic rings. The van der Waals surface area contributed by atoms with Crippen molar-refractivity contribution in [2.75, 3.05) is 6.54 Å². The van der Waals surface area contributed by atoms with Crippen LogP contribution in [0.4, 0.5) is 4.79 Å². The van der Waals surface area contributed by atoms with Crippen molar-refractivity contribution in [3.05, 3.63) is 0 Å². The van der Waals surface area contributed by atoms with Gasteiger partial charge in [0.05, 0.1) is 0 Å². The fourth-order valence-corrected chi connectivity index (χ4v) is 2.05. The number of carboxylic acid groups (broad SMARTS) is 1.